The molecular formula is C12H15BrN2. The van der Waals surface area contributed by atoms with Gasteiger partial charge in [-0.15, -0.1) is 0 Å². The van der Waals surface area contributed by atoms with E-state index >= 15 is 0 Å². The molecule has 15 heavy (non-hydrogen) atoms. The number of fused-ring (bicyclic) bond motifs is 1. The summed E-state index contributed by atoms with van der Waals surface area (Å²) >= 11 is 3.44. The Labute approximate surface area is 98.8 Å². The number of hydrogen-bond acceptors (Lipinski definition) is 2. The number of pyridine rings is 1. The summed E-state index contributed by atoms with van der Waals surface area (Å²) in [6.07, 6.45) is 5.55. The van der Waals surface area contributed by atoms with Crippen molar-refractivity contribution < 1.29 is 0 Å². The average Bonchev–Trinajstić information content (AvgIpc) is 2.77. The lowest BCUT2D eigenvalue weighted by molar-refractivity contribution is 0.540. The quantitative estimate of drug-likeness (QED) is 0.726. The van der Waals surface area contributed by atoms with Crippen LogP contribution in [0.3, 0.4) is 0 Å². The Hall–Kier alpha value is -0.570. The molecule has 3 rings (SSSR count). The maximum absolute atomic E-state index is 4.56. The van der Waals surface area contributed by atoms with Crippen molar-refractivity contribution in [2.24, 2.45) is 5.92 Å². The summed E-state index contributed by atoms with van der Waals surface area (Å²) < 4.78 is 0.946. The zero-order valence-corrected chi connectivity index (χ0v) is 10.3. The summed E-state index contributed by atoms with van der Waals surface area (Å²) in [4.78, 5) is 7.06. The molecule has 1 aliphatic heterocycles. The monoisotopic (exact) mass is 266 g/mol. The Balaban J connectivity index is 1.88. The van der Waals surface area contributed by atoms with Crippen LogP contribution in [-0.4, -0.2) is 17.6 Å². The molecule has 1 saturated heterocycles. The van der Waals surface area contributed by atoms with Crippen LogP contribution in [0, 0.1) is 5.92 Å². The fraction of sp³-hybridized carbons (Fsp3) is 0.583. The molecule has 2 fully saturated rings. The lowest BCUT2D eigenvalue weighted by Gasteiger charge is -2.24. The van der Waals surface area contributed by atoms with Crippen molar-refractivity contribution in [2.45, 2.75) is 31.7 Å². The van der Waals surface area contributed by atoms with Gasteiger partial charge in [-0.1, -0.05) is 12.5 Å². The third-order valence-corrected chi connectivity index (χ3v) is 4.20. The van der Waals surface area contributed by atoms with Gasteiger partial charge in [0, 0.05) is 12.6 Å². The second-order valence-corrected chi connectivity index (χ2v) is 5.37. The predicted octanol–water partition coefficient (Wildman–Crippen LogP) is 3.22. The normalized spacial score (nSPS) is 29.5. The number of aromatic nitrogens is 1. The smallest absolute Gasteiger partial charge is 0.130 e. The van der Waals surface area contributed by atoms with Crippen LogP contribution in [0.1, 0.15) is 25.7 Å². The van der Waals surface area contributed by atoms with Gasteiger partial charge in [-0.2, -0.15) is 0 Å². The van der Waals surface area contributed by atoms with E-state index in [1.54, 1.807) is 0 Å². The molecule has 80 valence electrons. The molecular weight excluding hydrogens is 252 g/mol. The average molecular weight is 267 g/mol. The maximum Gasteiger partial charge on any atom is 0.130 e. The van der Waals surface area contributed by atoms with E-state index in [0.29, 0.717) is 0 Å². The molecule has 1 aromatic heterocycles. The molecule has 1 saturated carbocycles. The van der Waals surface area contributed by atoms with E-state index in [-0.39, 0.29) is 0 Å². The molecule has 0 N–H and O–H groups in total. The van der Waals surface area contributed by atoms with Crippen molar-refractivity contribution in [3.8, 4) is 0 Å². The van der Waals surface area contributed by atoms with Gasteiger partial charge in [0.05, 0.1) is 0 Å². The van der Waals surface area contributed by atoms with Gasteiger partial charge in [-0.25, -0.2) is 4.98 Å². The molecule has 2 atom stereocenters. The first-order valence-corrected chi connectivity index (χ1v) is 6.53. The summed E-state index contributed by atoms with van der Waals surface area (Å²) in [5.41, 5.74) is 0. The van der Waals surface area contributed by atoms with E-state index in [9.17, 15) is 0 Å². The molecule has 1 aliphatic carbocycles. The van der Waals surface area contributed by atoms with Crippen LogP contribution in [-0.2, 0) is 0 Å². The summed E-state index contributed by atoms with van der Waals surface area (Å²) in [6, 6.07) is 6.97. The lowest BCUT2D eigenvalue weighted by atomic mass is 10.0. The maximum atomic E-state index is 4.56. The SMILES string of the molecule is Brc1cccc(N2CCC3CCCC32)n1. The first-order chi connectivity index (χ1) is 7.34. The number of anilines is 1. The van der Waals surface area contributed by atoms with E-state index in [1.165, 1.54) is 32.2 Å². The molecule has 3 heteroatoms. The van der Waals surface area contributed by atoms with E-state index in [1.807, 2.05) is 6.07 Å². The van der Waals surface area contributed by atoms with Gasteiger partial charge in [-0.05, 0) is 53.2 Å². The van der Waals surface area contributed by atoms with E-state index in [2.05, 4.69) is 37.9 Å². The fourth-order valence-corrected chi connectivity index (χ4v) is 3.41. The van der Waals surface area contributed by atoms with Gasteiger partial charge in [0.25, 0.3) is 0 Å². The standard InChI is InChI=1S/C12H15BrN2/c13-11-5-2-6-12(14-11)15-8-7-9-3-1-4-10(9)15/h2,5-6,9-10H,1,3-4,7-8H2. The minimum atomic E-state index is 0.770. The number of nitrogens with zero attached hydrogens (tertiary/aromatic N) is 2. The minimum absolute atomic E-state index is 0.770. The second-order valence-electron chi connectivity index (χ2n) is 4.56. The Morgan fingerprint density at radius 2 is 2.20 bits per heavy atom. The van der Waals surface area contributed by atoms with Crippen molar-refractivity contribution in [1.82, 2.24) is 4.98 Å². The third-order valence-electron chi connectivity index (χ3n) is 3.75. The molecule has 2 aliphatic rings. The van der Waals surface area contributed by atoms with Crippen LogP contribution in [0.5, 0.6) is 0 Å². The lowest BCUT2D eigenvalue weighted by Crippen LogP contribution is -2.30. The largest absolute Gasteiger partial charge is 0.353 e. The molecule has 2 nitrogen and oxygen atoms in total. The fourth-order valence-electron chi connectivity index (χ4n) is 3.08. The number of rotatable bonds is 1. The number of hydrogen-bond donors (Lipinski definition) is 0. The van der Waals surface area contributed by atoms with E-state index in [0.717, 1.165) is 22.4 Å². The first-order valence-electron chi connectivity index (χ1n) is 5.74. The first kappa shape index (κ1) is 9.64. The molecule has 1 aromatic rings. The molecule has 2 heterocycles. The van der Waals surface area contributed by atoms with Crippen LogP contribution in [0.25, 0.3) is 0 Å². The summed E-state index contributed by atoms with van der Waals surface area (Å²) in [6.45, 7) is 1.19. The highest BCUT2D eigenvalue weighted by Gasteiger charge is 2.37. The minimum Gasteiger partial charge on any atom is -0.353 e. The third kappa shape index (κ3) is 1.67. The van der Waals surface area contributed by atoms with Crippen molar-refractivity contribution in [3.63, 3.8) is 0 Å². The summed E-state index contributed by atoms with van der Waals surface area (Å²) in [5, 5.41) is 0. The van der Waals surface area contributed by atoms with Crippen LogP contribution in [0.15, 0.2) is 22.8 Å². The summed E-state index contributed by atoms with van der Waals surface area (Å²) in [5.74, 6) is 2.09. The summed E-state index contributed by atoms with van der Waals surface area (Å²) in [7, 11) is 0. The van der Waals surface area contributed by atoms with Crippen molar-refractivity contribution in [1.29, 1.82) is 0 Å². The Bertz CT molecular complexity index is 366. The van der Waals surface area contributed by atoms with Gasteiger partial charge in [0.2, 0.25) is 0 Å². The van der Waals surface area contributed by atoms with Crippen LogP contribution < -0.4 is 4.90 Å². The molecule has 0 radical (unpaired) electrons. The van der Waals surface area contributed by atoms with Crippen LogP contribution in [0.2, 0.25) is 0 Å². The Kier molecular flexibility index (Phi) is 2.43. The highest BCUT2D eigenvalue weighted by molar-refractivity contribution is 9.10. The topological polar surface area (TPSA) is 16.1 Å². The Morgan fingerprint density at radius 1 is 1.27 bits per heavy atom. The van der Waals surface area contributed by atoms with Crippen molar-refractivity contribution >= 4 is 21.7 Å². The van der Waals surface area contributed by atoms with Gasteiger partial charge in [-0.3, -0.25) is 0 Å². The molecule has 0 bridgehead atoms. The molecule has 2 unspecified atom stereocenters. The molecule has 0 aromatic carbocycles. The second kappa shape index (κ2) is 3.78. The van der Waals surface area contributed by atoms with E-state index in [4.69, 9.17) is 0 Å². The highest BCUT2D eigenvalue weighted by Crippen LogP contribution is 2.39. The van der Waals surface area contributed by atoms with Gasteiger partial charge in [0.15, 0.2) is 0 Å². The van der Waals surface area contributed by atoms with E-state index < -0.39 is 0 Å². The van der Waals surface area contributed by atoms with Gasteiger partial charge in [0.1, 0.15) is 10.4 Å². The molecule has 0 spiro atoms. The Morgan fingerprint density at radius 3 is 3.07 bits per heavy atom. The van der Waals surface area contributed by atoms with Crippen molar-refractivity contribution in [3.05, 3.63) is 22.8 Å². The van der Waals surface area contributed by atoms with Gasteiger partial charge < -0.3 is 4.90 Å². The zero-order chi connectivity index (χ0) is 10.3. The van der Waals surface area contributed by atoms with Gasteiger partial charge >= 0.3 is 0 Å². The number of halogens is 1. The van der Waals surface area contributed by atoms with Crippen molar-refractivity contribution in [2.75, 3.05) is 11.4 Å². The van der Waals surface area contributed by atoms with Crippen LogP contribution in [0.4, 0.5) is 5.82 Å². The highest BCUT2D eigenvalue weighted by atomic mass is 79.9. The van der Waals surface area contributed by atoms with Crippen LogP contribution >= 0.6 is 15.9 Å². The molecule has 0 amide bonds. The predicted molar refractivity (Wildman–Crippen MR) is 65.0 cm³/mol. The zero-order valence-electron chi connectivity index (χ0n) is 8.69.